The van der Waals surface area contributed by atoms with Crippen molar-refractivity contribution in [3.63, 3.8) is 0 Å². The first kappa shape index (κ1) is 16.9. The number of hydrogen-bond donors (Lipinski definition) is 0. The van der Waals surface area contributed by atoms with Crippen LogP contribution in [-0.2, 0) is 12.7 Å². The number of hydrogen-bond acceptors (Lipinski definition) is 5. The van der Waals surface area contributed by atoms with Gasteiger partial charge in [-0.05, 0) is 29.3 Å². The number of alkyl halides is 3. The molecule has 0 radical (unpaired) electrons. The molecule has 8 heteroatoms. The predicted octanol–water partition coefficient (Wildman–Crippen LogP) is 4.10. The van der Waals surface area contributed by atoms with Crippen molar-refractivity contribution in [2.24, 2.45) is 0 Å². The summed E-state index contributed by atoms with van der Waals surface area (Å²) in [4.78, 5) is 8.79. The van der Waals surface area contributed by atoms with Crippen molar-refractivity contribution in [2.75, 3.05) is 26.2 Å². The Morgan fingerprint density at radius 3 is 2.57 bits per heavy atom. The van der Waals surface area contributed by atoms with Gasteiger partial charge in [0.1, 0.15) is 0 Å². The van der Waals surface area contributed by atoms with Gasteiger partial charge in [-0.25, -0.2) is 4.98 Å². The molecular weight excluding hydrogens is 343 g/mol. The van der Waals surface area contributed by atoms with E-state index in [1.54, 1.807) is 11.3 Å². The first-order valence-corrected chi connectivity index (χ1v) is 9.20. The molecular formula is C15H18F3N3S2. The highest BCUT2D eigenvalue weighted by atomic mass is 32.1. The van der Waals surface area contributed by atoms with Crippen LogP contribution in [0.25, 0.3) is 0 Å². The summed E-state index contributed by atoms with van der Waals surface area (Å²) >= 11 is 2.45. The molecule has 0 spiro atoms. The van der Waals surface area contributed by atoms with Crippen molar-refractivity contribution in [1.29, 1.82) is 0 Å². The van der Waals surface area contributed by atoms with Gasteiger partial charge in [-0.3, -0.25) is 9.80 Å². The molecule has 1 aliphatic rings. The molecule has 0 saturated carbocycles. The van der Waals surface area contributed by atoms with Gasteiger partial charge in [0.2, 0.25) is 0 Å². The molecule has 3 heterocycles. The number of aromatic nitrogens is 1. The number of thiazole rings is 1. The molecule has 3 nitrogen and oxygen atoms in total. The Bertz CT molecular complexity index is 616. The van der Waals surface area contributed by atoms with Crippen molar-refractivity contribution in [2.45, 2.75) is 25.7 Å². The van der Waals surface area contributed by atoms with Crippen molar-refractivity contribution in [1.82, 2.24) is 14.8 Å². The molecule has 126 valence electrons. The van der Waals surface area contributed by atoms with Crippen molar-refractivity contribution >= 4 is 22.7 Å². The van der Waals surface area contributed by atoms with Gasteiger partial charge in [0.05, 0.1) is 0 Å². The highest BCUT2D eigenvalue weighted by molar-refractivity contribution is 7.11. The Hall–Kier alpha value is -0.960. The molecule has 23 heavy (non-hydrogen) atoms. The Balaban J connectivity index is 1.52. The van der Waals surface area contributed by atoms with E-state index < -0.39 is 11.2 Å². The topological polar surface area (TPSA) is 19.4 Å². The summed E-state index contributed by atoms with van der Waals surface area (Å²) < 4.78 is 37.7. The van der Waals surface area contributed by atoms with Crippen molar-refractivity contribution in [3.8, 4) is 0 Å². The van der Waals surface area contributed by atoms with Gasteiger partial charge in [-0.1, -0.05) is 0 Å². The number of rotatable bonds is 4. The zero-order chi connectivity index (χ0) is 16.4. The standard InChI is InChI=1S/C15H18F3N3S2/c1-11(12-2-7-22-10-12)21-5-3-20(4-6-21)9-13-8-19-14(23-13)15(16,17)18/h2,7-8,10-11H,3-6,9H2,1H3/t11-/m0/s1. The molecule has 3 rings (SSSR count). The van der Waals surface area contributed by atoms with Gasteiger partial charge in [0.15, 0.2) is 5.01 Å². The maximum Gasteiger partial charge on any atom is 0.443 e. The average Bonchev–Trinajstić information content (AvgIpc) is 3.18. The van der Waals surface area contributed by atoms with E-state index in [4.69, 9.17) is 0 Å². The van der Waals surface area contributed by atoms with Crippen LogP contribution >= 0.6 is 22.7 Å². The number of nitrogens with zero attached hydrogens (tertiary/aromatic N) is 3. The molecule has 0 N–H and O–H groups in total. The fourth-order valence-corrected chi connectivity index (χ4v) is 4.33. The van der Waals surface area contributed by atoms with Crippen LogP contribution < -0.4 is 0 Å². The van der Waals surface area contributed by atoms with E-state index in [-0.39, 0.29) is 0 Å². The second kappa shape index (κ2) is 6.88. The van der Waals surface area contributed by atoms with Gasteiger partial charge >= 0.3 is 6.18 Å². The Morgan fingerprint density at radius 2 is 2.00 bits per heavy atom. The summed E-state index contributed by atoms with van der Waals surface area (Å²) in [6.45, 7) is 6.36. The fourth-order valence-electron chi connectivity index (χ4n) is 2.76. The van der Waals surface area contributed by atoms with Crippen molar-refractivity contribution < 1.29 is 13.2 Å². The highest BCUT2D eigenvalue weighted by Crippen LogP contribution is 2.33. The highest BCUT2D eigenvalue weighted by Gasteiger charge is 2.34. The molecule has 1 fully saturated rings. The summed E-state index contributed by atoms with van der Waals surface area (Å²) in [6, 6.07) is 2.54. The molecule has 0 unspecified atom stereocenters. The van der Waals surface area contributed by atoms with Crippen molar-refractivity contribution in [3.05, 3.63) is 38.5 Å². The van der Waals surface area contributed by atoms with Gasteiger partial charge in [-0.15, -0.1) is 11.3 Å². The lowest BCUT2D eigenvalue weighted by Crippen LogP contribution is -2.46. The minimum atomic E-state index is -4.34. The van der Waals surface area contributed by atoms with Crippen LogP contribution in [0.2, 0.25) is 0 Å². The number of piperazine rings is 1. The zero-order valence-corrected chi connectivity index (χ0v) is 14.3. The lowest BCUT2D eigenvalue weighted by molar-refractivity contribution is -0.137. The Labute approximate surface area is 141 Å². The third-order valence-electron chi connectivity index (χ3n) is 4.16. The summed E-state index contributed by atoms with van der Waals surface area (Å²) in [7, 11) is 0. The van der Waals surface area contributed by atoms with E-state index in [9.17, 15) is 13.2 Å². The summed E-state index contributed by atoms with van der Waals surface area (Å²) in [6.07, 6.45) is -2.98. The third kappa shape index (κ3) is 4.12. The normalized spacial score (nSPS) is 19.1. The maximum atomic E-state index is 12.6. The van der Waals surface area contributed by atoms with E-state index in [0.717, 1.165) is 37.5 Å². The third-order valence-corrected chi connectivity index (χ3v) is 5.88. The van der Waals surface area contributed by atoms with Crippen LogP contribution in [-0.4, -0.2) is 41.0 Å². The van der Waals surface area contributed by atoms with Crippen LogP contribution in [0.15, 0.2) is 23.0 Å². The second-order valence-corrected chi connectivity index (χ2v) is 7.57. The molecule has 0 bridgehead atoms. The minimum Gasteiger partial charge on any atom is -0.296 e. The monoisotopic (exact) mass is 361 g/mol. The maximum absolute atomic E-state index is 12.6. The van der Waals surface area contributed by atoms with E-state index in [1.807, 2.05) is 0 Å². The Morgan fingerprint density at radius 1 is 1.26 bits per heavy atom. The SMILES string of the molecule is C[C@@H](c1ccsc1)N1CCN(Cc2cnc(C(F)(F)F)s2)CC1. The molecule has 0 aliphatic carbocycles. The summed E-state index contributed by atoms with van der Waals surface area (Å²) in [5, 5.41) is 3.51. The lowest BCUT2D eigenvalue weighted by Gasteiger charge is -2.37. The zero-order valence-electron chi connectivity index (χ0n) is 12.7. The molecule has 1 atom stereocenters. The van der Waals surface area contributed by atoms with E-state index in [0.29, 0.717) is 17.5 Å². The van der Waals surface area contributed by atoms with E-state index in [1.165, 1.54) is 11.8 Å². The van der Waals surface area contributed by atoms with E-state index in [2.05, 4.69) is 38.5 Å². The molecule has 1 saturated heterocycles. The summed E-state index contributed by atoms with van der Waals surface area (Å²) in [5.41, 5.74) is 1.33. The first-order valence-electron chi connectivity index (χ1n) is 7.44. The molecule has 0 aromatic carbocycles. The van der Waals surface area contributed by atoms with Gasteiger partial charge < -0.3 is 0 Å². The van der Waals surface area contributed by atoms with Crippen LogP contribution in [0.1, 0.15) is 28.4 Å². The number of halogens is 3. The molecule has 0 amide bonds. The lowest BCUT2D eigenvalue weighted by atomic mass is 10.1. The van der Waals surface area contributed by atoms with Gasteiger partial charge in [0.25, 0.3) is 0 Å². The predicted molar refractivity (Wildman–Crippen MR) is 86.7 cm³/mol. The Kier molecular flexibility index (Phi) is 5.05. The average molecular weight is 361 g/mol. The van der Waals surface area contributed by atoms with E-state index >= 15 is 0 Å². The van der Waals surface area contributed by atoms with Crippen LogP contribution in [0.3, 0.4) is 0 Å². The quantitative estimate of drug-likeness (QED) is 0.817. The van der Waals surface area contributed by atoms with Gasteiger partial charge in [-0.2, -0.15) is 24.5 Å². The minimum absolute atomic E-state index is 0.392. The molecule has 2 aromatic rings. The van der Waals surface area contributed by atoms with Crippen LogP contribution in [0.5, 0.6) is 0 Å². The van der Waals surface area contributed by atoms with Crippen LogP contribution in [0, 0.1) is 0 Å². The fraction of sp³-hybridized carbons (Fsp3) is 0.533. The van der Waals surface area contributed by atoms with Gasteiger partial charge in [0, 0.05) is 49.8 Å². The second-order valence-electron chi connectivity index (χ2n) is 5.67. The largest absolute Gasteiger partial charge is 0.443 e. The molecule has 1 aliphatic heterocycles. The summed E-state index contributed by atoms with van der Waals surface area (Å²) in [5.74, 6) is 0. The van der Waals surface area contributed by atoms with Crippen LogP contribution in [0.4, 0.5) is 13.2 Å². The first-order chi connectivity index (χ1) is 10.9. The smallest absolute Gasteiger partial charge is 0.296 e. The number of thiophene rings is 1. The molecule has 2 aromatic heterocycles.